The van der Waals surface area contributed by atoms with Crippen molar-refractivity contribution >= 4 is 19.8 Å². The number of carbonyl (C=O) groups excluding carboxylic acids is 1. The highest BCUT2D eigenvalue weighted by Crippen LogP contribution is 2.43. The maximum Gasteiger partial charge on any atom is 0.472 e. The number of carbonyl (C=O) groups is 2. The number of allylic oxidation sites excluding steroid dienone is 12. The molecule has 0 bridgehead atoms. The van der Waals surface area contributed by atoms with Crippen LogP contribution < -0.4 is 5.73 Å². The monoisotopic (exact) mass is 906 g/mol. The lowest BCUT2D eigenvalue weighted by molar-refractivity contribution is -0.154. The smallest absolute Gasteiger partial charge is 0.472 e. The number of aliphatic carboxylic acids is 1. The van der Waals surface area contributed by atoms with E-state index in [-0.39, 0.29) is 13.0 Å². The zero-order chi connectivity index (χ0) is 46.2. The molecule has 0 aromatic rings. The molecule has 0 aliphatic rings. The summed E-state index contributed by atoms with van der Waals surface area (Å²) in [4.78, 5) is 33.7. The van der Waals surface area contributed by atoms with E-state index in [0.717, 1.165) is 89.9 Å². The number of phosphoric ester groups is 1. The Morgan fingerprint density at radius 1 is 0.508 bits per heavy atom. The zero-order valence-electron chi connectivity index (χ0n) is 39.9. The van der Waals surface area contributed by atoms with Crippen molar-refractivity contribution in [1.29, 1.82) is 0 Å². The molecule has 0 radical (unpaired) electrons. The van der Waals surface area contributed by atoms with Crippen LogP contribution in [-0.4, -0.2) is 60.5 Å². The van der Waals surface area contributed by atoms with Crippen LogP contribution in [-0.2, 0) is 32.7 Å². The first-order valence-corrected chi connectivity index (χ1v) is 26.5. The van der Waals surface area contributed by atoms with Crippen LogP contribution in [0, 0.1) is 0 Å². The molecule has 0 aromatic heterocycles. The van der Waals surface area contributed by atoms with E-state index in [4.69, 9.17) is 29.4 Å². The minimum atomic E-state index is -4.63. The van der Waals surface area contributed by atoms with Crippen LogP contribution in [0.2, 0.25) is 0 Å². The molecule has 63 heavy (non-hydrogen) atoms. The highest BCUT2D eigenvalue weighted by molar-refractivity contribution is 7.47. The summed E-state index contributed by atoms with van der Waals surface area (Å²) in [5.41, 5.74) is 5.37. The molecule has 11 heteroatoms. The van der Waals surface area contributed by atoms with Gasteiger partial charge in [-0.3, -0.25) is 18.6 Å². The second-order valence-electron chi connectivity index (χ2n) is 16.6. The quantitative estimate of drug-likeness (QED) is 0.0233. The molecular weight excluding hydrogens is 814 g/mol. The number of ether oxygens (including phenoxy) is 2. The van der Waals surface area contributed by atoms with Gasteiger partial charge in [-0.1, -0.05) is 183 Å². The summed E-state index contributed by atoms with van der Waals surface area (Å²) < 4.78 is 33.5. The van der Waals surface area contributed by atoms with Gasteiger partial charge in [-0.25, -0.2) is 4.57 Å². The molecule has 0 heterocycles. The van der Waals surface area contributed by atoms with Crippen molar-refractivity contribution in [3.63, 3.8) is 0 Å². The maximum absolute atomic E-state index is 12.7. The Kier molecular flexibility index (Phi) is 45.4. The second kappa shape index (κ2) is 47.4. The molecule has 0 amide bonds. The van der Waals surface area contributed by atoms with Crippen molar-refractivity contribution in [2.24, 2.45) is 5.73 Å². The van der Waals surface area contributed by atoms with Gasteiger partial charge in [0.25, 0.3) is 0 Å². The van der Waals surface area contributed by atoms with Crippen molar-refractivity contribution in [3.8, 4) is 0 Å². The van der Waals surface area contributed by atoms with Gasteiger partial charge < -0.3 is 25.2 Å². The topological polar surface area (TPSA) is 155 Å². The lowest BCUT2D eigenvalue weighted by atomic mass is 10.1. The van der Waals surface area contributed by atoms with E-state index in [9.17, 15) is 19.0 Å². The SMILES string of the molecule is CCCCC/C=C\C/C=C\C/C=C\CCCCCCCCCOCC(COP(=O)(O)OCC(N)C(=O)O)OC(=O)CCCCCCCC/C=C\C/C=C\C/C=C\CCCCCCC. The summed E-state index contributed by atoms with van der Waals surface area (Å²) in [6.07, 6.45) is 59.5. The largest absolute Gasteiger partial charge is 0.480 e. The summed E-state index contributed by atoms with van der Waals surface area (Å²) in [5, 5.41) is 8.93. The van der Waals surface area contributed by atoms with E-state index in [2.05, 4.69) is 86.8 Å². The highest BCUT2D eigenvalue weighted by Gasteiger charge is 2.27. The molecule has 0 spiro atoms. The van der Waals surface area contributed by atoms with E-state index in [1.807, 2.05) is 0 Å². The van der Waals surface area contributed by atoms with Crippen molar-refractivity contribution in [2.45, 2.75) is 219 Å². The molecule has 0 aromatic carbocycles. The van der Waals surface area contributed by atoms with Gasteiger partial charge in [0.2, 0.25) is 0 Å². The number of esters is 1. The van der Waals surface area contributed by atoms with Crippen LogP contribution in [0.15, 0.2) is 72.9 Å². The van der Waals surface area contributed by atoms with Crippen molar-refractivity contribution in [1.82, 2.24) is 0 Å². The average molecular weight is 906 g/mol. The van der Waals surface area contributed by atoms with E-state index in [1.54, 1.807) is 0 Å². The second-order valence-corrected chi connectivity index (χ2v) is 18.0. The average Bonchev–Trinajstić information content (AvgIpc) is 3.26. The molecule has 0 saturated heterocycles. The summed E-state index contributed by atoms with van der Waals surface area (Å²) in [7, 11) is -4.63. The number of phosphoric acid groups is 1. The standard InChI is InChI=1S/C52H92NO9P/c1-3-5-7-9-11-13-15-17-19-21-23-25-26-28-30-32-34-36-38-40-42-44-51(54)62-49(47-60-63(57,58)61-48-50(53)52(55)56)46-59-45-43-41-39-37-35-33-31-29-27-24-22-20-18-16-14-12-10-8-6-4-2/h12,14-15,17-18,20-21,23-24,26-28,49-50H,3-11,13,16,19,22,25,29-48,53H2,1-2H3,(H,55,56)(H,57,58)/b14-12-,17-15-,20-18-,23-21-,27-24-,28-26-. The van der Waals surface area contributed by atoms with Crippen LogP contribution in [0.3, 0.4) is 0 Å². The lowest BCUT2D eigenvalue weighted by Crippen LogP contribution is -2.34. The van der Waals surface area contributed by atoms with E-state index in [0.29, 0.717) is 13.0 Å². The molecule has 10 nitrogen and oxygen atoms in total. The van der Waals surface area contributed by atoms with E-state index >= 15 is 0 Å². The number of carboxylic acid groups (broad SMARTS) is 1. The highest BCUT2D eigenvalue weighted by atomic mass is 31.2. The molecule has 3 unspecified atom stereocenters. The fraction of sp³-hybridized carbons (Fsp3) is 0.731. The Hall–Kier alpha value is -2.59. The van der Waals surface area contributed by atoms with Gasteiger partial charge in [-0.15, -0.1) is 0 Å². The molecule has 0 fully saturated rings. The Morgan fingerprint density at radius 2 is 0.873 bits per heavy atom. The van der Waals surface area contributed by atoms with Gasteiger partial charge in [-0.2, -0.15) is 0 Å². The molecule has 3 atom stereocenters. The third kappa shape index (κ3) is 47.2. The number of nitrogens with two attached hydrogens (primary N) is 1. The third-order valence-electron chi connectivity index (χ3n) is 10.5. The van der Waals surface area contributed by atoms with Crippen molar-refractivity contribution in [2.75, 3.05) is 26.4 Å². The number of hydrogen-bond acceptors (Lipinski definition) is 8. The molecular formula is C52H92NO9P. The van der Waals surface area contributed by atoms with E-state index in [1.165, 1.54) is 89.9 Å². The molecule has 0 aliphatic carbocycles. The summed E-state index contributed by atoms with van der Waals surface area (Å²) in [6.45, 7) is 3.81. The van der Waals surface area contributed by atoms with Gasteiger partial charge in [0, 0.05) is 13.0 Å². The van der Waals surface area contributed by atoms with Crippen LogP contribution in [0.25, 0.3) is 0 Å². The van der Waals surface area contributed by atoms with Gasteiger partial charge in [0.1, 0.15) is 12.1 Å². The van der Waals surface area contributed by atoms with Gasteiger partial charge in [0.15, 0.2) is 0 Å². The van der Waals surface area contributed by atoms with Crippen molar-refractivity contribution in [3.05, 3.63) is 72.9 Å². The Labute approximate surface area is 384 Å². The molecule has 0 rings (SSSR count). The van der Waals surface area contributed by atoms with Gasteiger partial charge in [0.05, 0.1) is 19.8 Å². The Morgan fingerprint density at radius 3 is 1.33 bits per heavy atom. The van der Waals surface area contributed by atoms with Crippen LogP contribution in [0.4, 0.5) is 0 Å². The molecule has 4 N–H and O–H groups in total. The Bertz CT molecular complexity index is 1280. The first-order chi connectivity index (χ1) is 30.7. The molecule has 0 aliphatic heterocycles. The zero-order valence-corrected chi connectivity index (χ0v) is 40.8. The first-order valence-electron chi connectivity index (χ1n) is 25.0. The Balaban J connectivity index is 4.23. The van der Waals surface area contributed by atoms with Crippen LogP contribution in [0.5, 0.6) is 0 Å². The number of carboxylic acids is 1. The predicted molar refractivity (Wildman–Crippen MR) is 263 cm³/mol. The van der Waals surface area contributed by atoms with E-state index < -0.39 is 45.1 Å². The minimum Gasteiger partial charge on any atom is -0.480 e. The number of unbranched alkanes of at least 4 members (excludes halogenated alkanes) is 21. The summed E-state index contributed by atoms with van der Waals surface area (Å²) >= 11 is 0. The summed E-state index contributed by atoms with van der Waals surface area (Å²) in [6, 6.07) is -1.48. The van der Waals surface area contributed by atoms with Crippen molar-refractivity contribution < 1.29 is 42.7 Å². The first kappa shape index (κ1) is 60.4. The predicted octanol–water partition coefficient (Wildman–Crippen LogP) is 14.5. The van der Waals surface area contributed by atoms with Gasteiger partial charge >= 0.3 is 19.8 Å². The third-order valence-corrected chi connectivity index (χ3v) is 11.4. The fourth-order valence-corrected chi connectivity index (χ4v) is 7.34. The normalized spacial score (nSPS) is 14.3. The number of rotatable bonds is 47. The molecule has 0 saturated carbocycles. The fourth-order valence-electron chi connectivity index (χ4n) is 6.56. The van der Waals surface area contributed by atoms with Crippen LogP contribution >= 0.6 is 7.82 Å². The van der Waals surface area contributed by atoms with Gasteiger partial charge in [-0.05, 0) is 89.9 Å². The maximum atomic E-state index is 12.7. The minimum absolute atomic E-state index is 0.00124. The molecule has 364 valence electrons. The summed E-state index contributed by atoms with van der Waals surface area (Å²) in [5.74, 6) is -1.80. The lowest BCUT2D eigenvalue weighted by Gasteiger charge is -2.20. The number of hydrogen-bond donors (Lipinski definition) is 3. The van der Waals surface area contributed by atoms with Crippen LogP contribution in [0.1, 0.15) is 206 Å².